The molecule has 1 fully saturated rings. The number of hydrogen-bond acceptors (Lipinski definition) is 3. The second kappa shape index (κ2) is 6.03. The van der Waals surface area contributed by atoms with Gasteiger partial charge >= 0.3 is 0 Å². The number of carbonyl (C=O) groups excluding carboxylic acids is 1. The van der Waals surface area contributed by atoms with E-state index in [9.17, 15) is 4.79 Å². The molecule has 21 heavy (non-hydrogen) atoms. The third-order valence-electron chi connectivity index (χ3n) is 3.66. The number of imidazole rings is 1. The maximum atomic E-state index is 12.0. The maximum Gasteiger partial charge on any atom is 0.227 e. The van der Waals surface area contributed by atoms with E-state index in [0.29, 0.717) is 16.7 Å². The van der Waals surface area contributed by atoms with E-state index in [-0.39, 0.29) is 17.0 Å². The summed E-state index contributed by atoms with van der Waals surface area (Å²) in [6.45, 7) is 0. The van der Waals surface area contributed by atoms with Crippen molar-refractivity contribution in [3.05, 3.63) is 35.0 Å². The van der Waals surface area contributed by atoms with Crippen molar-refractivity contribution in [3.8, 4) is 5.82 Å². The number of hydrogen-bond donors (Lipinski definition) is 1. The number of nitrogens with zero attached hydrogens (tertiary/aromatic N) is 3. The van der Waals surface area contributed by atoms with Crippen LogP contribution in [0.2, 0.25) is 10.3 Å². The van der Waals surface area contributed by atoms with Gasteiger partial charge in [0.15, 0.2) is 10.3 Å². The van der Waals surface area contributed by atoms with Crippen LogP contribution in [0.1, 0.15) is 25.7 Å². The molecule has 5 nitrogen and oxygen atoms in total. The summed E-state index contributed by atoms with van der Waals surface area (Å²) in [4.78, 5) is 20.2. The molecule has 0 aliphatic heterocycles. The van der Waals surface area contributed by atoms with Gasteiger partial charge in [-0.3, -0.25) is 9.36 Å². The predicted molar refractivity (Wildman–Crippen MR) is 82.0 cm³/mol. The van der Waals surface area contributed by atoms with Crippen molar-refractivity contribution in [2.24, 2.45) is 5.92 Å². The Morgan fingerprint density at radius 2 is 2.00 bits per heavy atom. The third-order valence-corrected chi connectivity index (χ3v) is 4.39. The van der Waals surface area contributed by atoms with Gasteiger partial charge in [0.05, 0.1) is 11.9 Å². The minimum absolute atomic E-state index is 0.0748. The zero-order chi connectivity index (χ0) is 14.8. The number of amides is 1. The standard InChI is InChI=1S/C14H14Cl2N4O/c15-12-13(16)20(8-18-12)11-6-5-10(7-17-11)19-14(21)9-3-1-2-4-9/h5-9H,1-4H2,(H,19,21). The highest BCUT2D eigenvalue weighted by molar-refractivity contribution is 6.40. The number of anilines is 1. The molecule has 2 aromatic rings. The van der Waals surface area contributed by atoms with Gasteiger partial charge in [-0.25, -0.2) is 9.97 Å². The topological polar surface area (TPSA) is 59.8 Å². The molecule has 1 N–H and O–H groups in total. The molecule has 0 radical (unpaired) electrons. The molecule has 2 heterocycles. The molecule has 2 aromatic heterocycles. The second-order valence-electron chi connectivity index (χ2n) is 5.07. The lowest BCUT2D eigenvalue weighted by Crippen LogP contribution is -2.20. The van der Waals surface area contributed by atoms with Gasteiger partial charge in [0.2, 0.25) is 5.91 Å². The molecule has 7 heteroatoms. The fraction of sp³-hybridized carbons (Fsp3) is 0.357. The van der Waals surface area contributed by atoms with Gasteiger partial charge in [-0.2, -0.15) is 0 Å². The molecule has 0 unspecified atom stereocenters. The Hall–Kier alpha value is -1.59. The van der Waals surface area contributed by atoms with Crippen LogP contribution < -0.4 is 5.32 Å². The molecular formula is C14H14Cl2N4O. The van der Waals surface area contributed by atoms with E-state index in [0.717, 1.165) is 25.7 Å². The summed E-state index contributed by atoms with van der Waals surface area (Å²) in [5, 5.41) is 3.44. The van der Waals surface area contributed by atoms with E-state index in [1.54, 1.807) is 22.9 Å². The first-order valence-electron chi connectivity index (χ1n) is 6.81. The van der Waals surface area contributed by atoms with E-state index in [2.05, 4.69) is 15.3 Å². The molecule has 110 valence electrons. The number of halogens is 2. The van der Waals surface area contributed by atoms with Crippen molar-refractivity contribution >= 4 is 34.8 Å². The number of nitrogens with one attached hydrogen (secondary N) is 1. The van der Waals surface area contributed by atoms with Crippen LogP contribution in [0.3, 0.4) is 0 Å². The zero-order valence-electron chi connectivity index (χ0n) is 11.2. The maximum absolute atomic E-state index is 12.0. The lowest BCUT2D eigenvalue weighted by molar-refractivity contribution is -0.119. The van der Waals surface area contributed by atoms with E-state index < -0.39 is 0 Å². The molecule has 0 aromatic carbocycles. The summed E-state index contributed by atoms with van der Waals surface area (Å²) in [7, 11) is 0. The quantitative estimate of drug-likeness (QED) is 0.936. The largest absolute Gasteiger partial charge is 0.324 e. The average Bonchev–Trinajstić information content (AvgIpc) is 3.12. The minimum Gasteiger partial charge on any atom is -0.324 e. The summed E-state index contributed by atoms with van der Waals surface area (Å²) in [6, 6.07) is 3.55. The molecule has 0 saturated heterocycles. The summed E-state index contributed by atoms with van der Waals surface area (Å²) in [6.07, 6.45) is 7.32. The summed E-state index contributed by atoms with van der Waals surface area (Å²) in [5.74, 6) is 0.801. The van der Waals surface area contributed by atoms with E-state index in [4.69, 9.17) is 23.2 Å². The molecule has 0 atom stereocenters. The number of rotatable bonds is 3. The van der Waals surface area contributed by atoms with Gasteiger partial charge in [-0.05, 0) is 25.0 Å². The highest BCUT2D eigenvalue weighted by Crippen LogP contribution is 2.26. The van der Waals surface area contributed by atoms with Crippen LogP contribution in [-0.4, -0.2) is 20.4 Å². The van der Waals surface area contributed by atoms with Crippen molar-refractivity contribution in [1.82, 2.24) is 14.5 Å². The van der Waals surface area contributed by atoms with Crippen LogP contribution >= 0.6 is 23.2 Å². The summed E-state index contributed by atoms with van der Waals surface area (Å²) in [5.41, 5.74) is 0.679. The minimum atomic E-state index is 0.0748. The molecular weight excluding hydrogens is 311 g/mol. The van der Waals surface area contributed by atoms with E-state index in [1.165, 1.54) is 6.33 Å². The zero-order valence-corrected chi connectivity index (χ0v) is 12.7. The van der Waals surface area contributed by atoms with Crippen LogP contribution in [0.4, 0.5) is 5.69 Å². The van der Waals surface area contributed by atoms with Crippen LogP contribution in [-0.2, 0) is 4.79 Å². The fourth-order valence-electron chi connectivity index (χ4n) is 2.51. The van der Waals surface area contributed by atoms with Crippen LogP contribution in [0.15, 0.2) is 24.7 Å². The summed E-state index contributed by atoms with van der Waals surface area (Å²) < 4.78 is 1.58. The number of carbonyl (C=O) groups is 1. The molecule has 1 amide bonds. The first-order valence-corrected chi connectivity index (χ1v) is 7.56. The molecule has 1 aliphatic carbocycles. The van der Waals surface area contributed by atoms with Crippen LogP contribution in [0.5, 0.6) is 0 Å². The van der Waals surface area contributed by atoms with Crippen molar-refractivity contribution in [3.63, 3.8) is 0 Å². The lowest BCUT2D eigenvalue weighted by atomic mass is 10.1. The van der Waals surface area contributed by atoms with Crippen molar-refractivity contribution in [2.45, 2.75) is 25.7 Å². The van der Waals surface area contributed by atoms with E-state index >= 15 is 0 Å². The molecule has 0 bridgehead atoms. The van der Waals surface area contributed by atoms with Gasteiger partial charge in [-0.1, -0.05) is 36.0 Å². The first-order chi connectivity index (χ1) is 10.1. The van der Waals surface area contributed by atoms with Crippen molar-refractivity contribution in [2.75, 3.05) is 5.32 Å². The van der Waals surface area contributed by atoms with Crippen LogP contribution in [0.25, 0.3) is 5.82 Å². The Bertz CT molecular complexity index is 647. The lowest BCUT2D eigenvalue weighted by Gasteiger charge is -2.10. The number of pyridine rings is 1. The summed E-state index contributed by atoms with van der Waals surface area (Å²) >= 11 is 11.8. The van der Waals surface area contributed by atoms with Crippen LogP contribution in [0, 0.1) is 5.92 Å². The Morgan fingerprint density at radius 1 is 1.24 bits per heavy atom. The highest BCUT2D eigenvalue weighted by Gasteiger charge is 2.22. The Morgan fingerprint density at radius 3 is 2.57 bits per heavy atom. The average molecular weight is 325 g/mol. The first kappa shape index (κ1) is 14.4. The normalized spacial score (nSPS) is 15.3. The highest BCUT2D eigenvalue weighted by atomic mass is 35.5. The van der Waals surface area contributed by atoms with Gasteiger partial charge in [0.25, 0.3) is 0 Å². The Kier molecular flexibility index (Phi) is 4.12. The fourth-order valence-corrected chi connectivity index (χ4v) is 2.82. The second-order valence-corrected chi connectivity index (χ2v) is 5.79. The molecule has 3 rings (SSSR count). The van der Waals surface area contributed by atoms with Gasteiger partial charge < -0.3 is 5.32 Å². The van der Waals surface area contributed by atoms with Crippen molar-refractivity contribution < 1.29 is 4.79 Å². The predicted octanol–water partition coefficient (Wildman–Crippen LogP) is 3.70. The van der Waals surface area contributed by atoms with Gasteiger partial charge in [0, 0.05) is 5.92 Å². The smallest absolute Gasteiger partial charge is 0.227 e. The van der Waals surface area contributed by atoms with E-state index in [1.807, 2.05) is 0 Å². The Balaban J connectivity index is 1.72. The van der Waals surface area contributed by atoms with Gasteiger partial charge in [-0.15, -0.1) is 0 Å². The molecule has 1 saturated carbocycles. The molecule has 0 spiro atoms. The third kappa shape index (κ3) is 3.04. The van der Waals surface area contributed by atoms with Gasteiger partial charge in [0.1, 0.15) is 12.1 Å². The monoisotopic (exact) mass is 324 g/mol. The van der Waals surface area contributed by atoms with Crippen molar-refractivity contribution in [1.29, 1.82) is 0 Å². The Labute approximate surface area is 132 Å². The number of aromatic nitrogens is 3. The SMILES string of the molecule is O=C(Nc1ccc(-n2cnc(Cl)c2Cl)nc1)C1CCCC1. The molecule has 1 aliphatic rings.